The number of carbonyl (C=O) groups is 1. The summed E-state index contributed by atoms with van der Waals surface area (Å²) in [5.74, 6) is 2.11. The molecular formula is C17H21ClN4O3. The average Bonchev–Trinajstić information content (AvgIpc) is 3.06. The second-order valence-electron chi connectivity index (χ2n) is 6.01. The molecule has 1 amide bonds. The average molecular weight is 365 g/mol. The highest BCUT2D eigenvalue weighted by atomic mass is 35.5. The van der Waals surface area contributed by atoms with Crippen molar-refractivity contribution < 1.29 is 14.3 Å². The van der Waals surface area contributed by atoms with E-state index in [-0.39, 0.29) is 31.0 Å². The van der Waals surface area contributed by atoms with E-state index in [1.165, 1.54) is 0 Å². The van der Waals surface area contributed by atoms with Crippen molar-refractivity contribution in [2.24, 2.45) is 7.05 Å². The third-order valence-electron chi connectivity index (χ3n) is 4.47. The third kappa shape index (κ3) is 3.29. The number of carbonyl (C=O) groups excluding carboxylic acids is 1. The molecule has 2 aliphatic rings. The van der Waals surface area contributed by atoms with E-state index in [2.05, 4.69) is 10.3 Å². The highest BCUT2D eigenvalue weighted by molar-refractivity contribution is 5.85. The fourth-order valence-electron chi connectivity index (χ4n) is 3.22. The number of ether oxygens (including phenoxy) is 2. The molecule has 1 fully saturated rings. The van der Waals surface area contributed by atoms with E-state index >= 15 is 0 Å². The lowest BCUT2D eigenvalue weighted by atomic mass is 10.1. The molecule has 1 N–H and O–H groups in total. The molecule has 0 bridgehead atoms. The van der Waals surface area contributed by atoms with Gasteiger partial charge in [-0.3, -0.25) is 4.79 Å². The van der Waals surface area contributed by atoms with Crippen LogP contribution in [-0.2, 0) is 11.8 Å². The minimum Gasteiger partial charge on any atom is -0.485 e. The fourth-order valence-corrected chi connectivity index (χ4v) is 3.22. The Bertz CT molecular complexity index is 751. The summed E-state index contributed by atoms with van der Waals surface area (Å²) in [5, 5.41) is 3.33. The number of halogens is 1. The van der Waals surface area contributed by atoms with Crippen LogP contribution in [0.4, 0.5) is 0 Å². The van der Waals surface area contributed by atoms with E-state index < -0.39 is 6.10 Å². The van der Waals surface area contributed by atoms with Crippen molar-refractivity contribution in [3.05, 3.63) is 42.5 Å². The lowest BCUT2D eigenvalue weighted by Gasteiger charge is -2.38. The van der Waals surface area contributed by atoms with E-state index in [4.69, 9.17) is 9.47 Å². The molecule has 134 valence electrons. The van der Waals surface area contributed by atoms with Gasteiger partial charge in [-0.1, -0.05) is 12.1 Å². The second-order valence-corrected chi connectivity index (χ2v) is 6.01. The molecule has 0 spiro atoms. The largest absolute Gasteiger partial charge is 0.485 e. The number of nitrogens with one attached hydrogen (secondary N) is 1. The van der Waals surface area contributed by atoms with E-state index in [1.54, 1.807) is 6.20 Å². The second kappa shape index (κ2) is 7.33. The standard InChI is InChI=1S/C17H20N4O3.ClH/c1-20-8-7-19-16(20)12-10-18-6-9-21(12)17(22)15-11-23-13-4-2-3-5-14(13)24-15;/h2-5,7-8,12,15,18H,6,9-11H2,1H3;1H. The lowest BCUT2D eigenvalue weighted by Crippen LogP contribution is -2.54. The maximum atomic E-state index is 13.0. The first-order chi connectivity index (χ1) is 11.7. The summed E-state index contributed by atoms with van der Waals surface area (Å²) in [6.45, 7) is 2.29. The molecule has 4 rings (SSSR count). The van der Waals surface area contributed by atoms with E-state index in [0.717, 1.165) is 12.4 Å². The highest BCUT2D eigenvalue weighted by Gasteiger charge is 2.37. The van der Waals surface area contributed by atoms with Crippen molar-refractivity contribution in [1.29, 1.82) is 0 Å². The topological polar surface area (TPSA) is 68.6 Å². The van der Waals surface area contributed by atoms with Crippen LogP contribution in [0.3, 0.4) is 0 Å². The quantitative estimate of drug-likeness (QED) is 0.866. The third-order valence-corrected chi connectivity index (χ3v) is 4.47. The van der Waals surface area contributed by atoms with Gasteiger partial charge in [-0.15, -0.1) is 12.4 Å². The lowest BCUT2D eigenvalue weighted by molar-refractivity contribution is -0.145. The predicted octanol–water partition coefficient (Wildman–Crippen LogP) is 1.15. The van der Waals surface area contributed by atoms with Crippen LogP contribution in [-0.4, -0.2) is 52.7 Å². The fraction of sp³-hybridized carbons (Fsp3) is 0.412. The molecule has 2 aliphatic heterocycles. The molecule has 0 radical (unpaired) electrons. The summed E-state index contributed by atoms with van der Waals surface area (Å²) in [6.07, 6.45) is 3.02. The number of para-hydroxylation sites is 2. The number of hydrogen-bond donors (Lipinski definition) is 1. The number of rotatable bonds is 2. The van der Waals surface area contributed by atoms with Crippen LogP contribution >= 0.6 is 12.4 Å². The Morgan fingerprint density at radius 1 is 1.32 bits per heavy atom. The van der Waals surface area contributed by atoms with Crippen molar-refractivity contribution >= 4 is 18.3 Å². The minimum atomic E-state index is -0.624. The van der Waals surface area contributed by atoms with Gasteiger partial charge < -0.3 is 24.3 Å². The number of imidazole rings is 1. The molecule has 2 unspecified atom stereocenters. The Morgan fingerprint density at radius 2 is 2.12 bits per heavy atom. The smallest absolute Gasteiger partial charge is 0.267 e. The van der Waals surface area contributed by atoms with E-state index in [0.29, 0.717) is 24.6 Å². The van der Waals surface area contributed by atoms with Crippen LogP contribution in [0.15, 0.2) is 36.7 Å². The maximum Gasteiger partial charge on any atom is 0.267 e. The molecule has 1 aromatic heterocycles. The number of hydrogen-bond acceptors (Lipinski definition) is 5. The van der Waals surface area contributed by atoms with Gasteiger partial charge >= 0.3 is 0 Å². The molecule has 2 atom stereocenters. The van der Waals surface area contributed by atoms with E-state index in [1.807, 2.05) is 47.0 Å². The number of piperazine rings is 1. The van der Waals surface area contributed by atoms with Crippen LogP contribution in [0.2, 0.25) is 0 Å². The normalized spacial score (nSPS) is 22.2. The number of aromatic nitrogens is 2. The summed E-state index contributed by atoms with van der Waals surface area (Å²) < 4.78 is 13.5. The SMILES string of the molecule is Cl.Cn1ccnc1C1CNCCN1C(=O)C1COc2ccccc2O1. The van der Waals surface area contributed by atoms with Crippen LogP contribution < -0.4 is 14.8 Å². The number of benzene rings is 1. The zero-order valence-corrected chi connectivity index (χ0v) is 14.7. The molecule has 1 saturated heterocycles. The van der Waals surface area contributed by atoms with Crippen LogP contribution in [0, 0.1) is 0 Å². The van der Waals surface area contributed by atoms with Gasteiger partial charge in [-0.05, 0) is 12.1 Å². The number of nitrogens with zero attached hydrogens (tertiary/aromatic N) is 3. The molecule has 2 aromatic rings. The molecule has 25 heavy (non-hydrogen) atoms. The molecule has 1 aromatic carbocycles. The van der Waals surface area contributed by atoms with Crippen LogP contribution in [0.5, 0.6) is 11.5 Å². The Balaban J connectivity index is 0.00000182. The monoisotopic (exact) mass is 364 g/mol. The first-order valence-electron chi connectivity index (χ1n) is 8.11. The molecular weight excluding hydrogens is 344 g/mol. The summed E-state index contributed by atoms with van der Waals surface area (Å²) in [6, 6.07) is 7.32. The van der Waals surface area contributed by atoms with Crippen LogP contribution in [0.25, 0.3) is 0 Å². The maximum absolute atomic E-state index is 13.0. The molecule has 7 nitrogen and oxygen atoms in total. The van der Waals surface area contributed by atoms with Crippen molar-refractivity contribution in [2.75, 3.05) is 26.2 Å². The van der Waals surface area contributed by atoms with Gasteiger partial charge in [0, 0.05) is 39.1 Å². The van der Waals surface area contributed by atoms with Gasteiger partial charge in [-0.2, -0.15) is 0 Å². The van der Waals surface area contributed by atoms with E-state index in [9.17, 15) is 4.79 Å². The summed E-state index contributed by atoms with van der Waals surface area (Å²) in [4.78, 5) is 19.3. The van der Waals surface area contributed by atoms with Crippen molar-refractivity contribution in [3.63, 3.8) is 0 Å². The van der Waals surface area contributed by atoms with Crippen LogP contribution in [0.1, 0.15) is 11.9 Å². The predicted molar refractivity (Wildman–Crippen MR) is 94.1 cm³/mol. The first-order valence-corrected chi connectivity index (χ1v) is 8.11. The van der Waals surface area contributed by atoms with Gasteiger partial charge in [0.15, 0.2) is 11.5 Å². The molecule has 0 saturated carbocycles. The van der Waals surface area contributed by atoms with Gasteiger partial charge in [0.2, 0.25) is 6.10 Å². The Labute approximate surface area is 152 Å². The van der Waals surface area contributed by atoms with Crippen molar-refractivity contribution in [2.45, 2.75) is 12.1 Å². The first kappa shape index (κ1) is 17.6. The number of fused-ring (bicyclic) bond motifs is 1. The molecule has 0 aliphatic carbocycles. The Kier molecular flexibility index (Phi) is 5.15. The van der Waals surface area contributed by atoms with Gasteiger partial charge in [0.05, 0.1) is 0 Å². The van der Waals surface area contributed by atoms with Crippen molar-refractivity contribution in [3.8, 4) is 11.5 Å². The summed E-state index contributed by atoms with van der Waals surface area (Å²) in [5.41, 5.74) is 0. The van der Waals surface area contributed by atoms with Crippen molar-refractivity contribution in [1.82, 2.24) is 19.8 Å². The van der Waals surface area contributed by atoms with Gasteiger partial charge in [0.25, 0.3) is 5.91 Å². The summed E-state index contributed by atoms with van der Waals surface area (Å²) >= 11 is 0. The molecule has 8 heteroatoms. The van der Waals surface area contributed by atoms with Gasteiger partial charge in [-0.25, -0.2) is 4.98 Å². The summed E-state index contributed by atoms with van der Waals surface area (Å²) in [7, 11) is 1.94. The van der Waals surface area contributed by atoms with Gasteiger partial charge in [0.1, 0.15) is 18.5 Å². The Morgan fingerprint density at radius 3 is 2.88 bits per heavy atom. The highest BCUT2D eigenvalue weighted by Crippen LogP contribution is 2.32. The minimum absolute atomic E-state index is 0. The Hall–Kier alpha value is -2.25. The molecule has 3 heterocycles. The number of amides is 1. The number of aryl methyl sites for hydroxylation is 1. The zero-order chi connectivity index (χ0) is 16.5. The zero-order valence-electron chi connectivity index (χ0n) is 13.9.